The van der Waals surface area contributed by atoms with E-state index in [0.29, 0.717) is 32.4 Å². The Morgan fingerprint density at radius 1 is 1.22 bits per heavy atom. The van der Waals surface area contributed by atoms with E-state index in [4.69, 9.17) is 0 Å². The minimum Gasteiger partial charge on any atom is -0.353 e. The number of nitrogens with one attached hydrogen (secondary N) is 1. The highest BCUT2D eigenvalue weighted by Gasteiger charge is 2.28. The van der Waals surface area contributed by atoms with Gasteiger partial charge in [0.05, 0.1) is 5.75 Å². The lowest BCUT2D eigenvalue weighted by atomic mass is 10.1. The Labute approximate surface area is 139 Å². The van der Waals surface area contributed by atoms with Crippen LogP contribution in [0.1, 0.15) is 32.3 Å². The number of hydrogen-bond acceptors (Lipinski definition) is 3. The van der Waals surface area contributed by atoms with Crippen LogP contribution in [0, 0.1) is 5.92 Å². The molecule has 1 aromatic carbocycles. The number of amides is 1. The summed E-state index contributed by atoms with van der Waals surface area (Å²) >= 11 is 0. The molecule has 0 spiro atoms. The fourth-order valence-corrected chi connectivity index (χ4v) is 4.19. The number of carbonyl (C=O) groups excluding carboxylic acids is 1. The van der Waals surface area contributed by atoms with Gasteiger partial charge in [0, 0.05) is 25.0 Å². The van der Waals surface area contributed by atoms with Gasteiger partial charge < -0.3 is 5.32 Å². The van der Waals surface area contributed by atoms with Crippen LogP contribution in [-0.4, -0.2) is 43.5 Å². The zero-order valence-electron chi connectivity index (χ0n) is 13.9. The van der Waals surface area contributed by atoms with Crippen molar-refractivity contribution in [2.24, 2.45) is 5.92 Å². The summed E-state index contributed by atoms with van der Waals surface area (Å²) < 4.78 is 26.4. The molecule has 1 aromatic rings. The maximum atomic E-state index is 12.4. The van der Waals surface area contributed by atoms with Crippen LogP contribution in [0.25, 0.3) is 0 Å². The lowest BCUT2D eigenvalue weighted by Gasteiger charge is -2.32. The van der Waals surface area contributed by atoms with Gasteiger partial charge in [0.15, 0.2) is 0 Å². The first-order chi connectivity index (χ1) is 10.9. The first-order valence-electron chi connectivity index (χ1n) is 8.20. The monoisotopic (exact) mass is 338 g/mol. The van der Waals surface area contributed by atoms with E-state index in [1.54, 1.807) is 4.31 Å². The molecule has 23 heavy (non-hydrogen) atoms. The highest BCUT2D eigenvalue weighted by atomic mass is 32.2. The second kappa shape index (κ2) is 7.93. The van der Waals surface area contributed by atoms with Crippen LogP contribution in [0.4, 0.5) is 0 Å². The molecule has 0 atom stereocenters. The van der Waals surface area contributed by atoms with Crippen molar-refractivity contribution in [2.75, 3.05) is 18.8 Å². The molecule has 0 aromatic heterocycles. The quantitative estimate of drug-likeness (QED) is 0.860. The highest BCUT2D eigenvalue weighted by Crippen LogP contribution is 2.16. The molecule has 2 rings (SSSR count). The van der Waals surface area contributed by atoms with Crippen LogP contribution in [0.5, 0.6) is 0 Å². The number of nitrogens with zero attached hydrogens (tertiary/aromatic N) is 1. The van der Waals surface area contributed by atoms with E-state index >= 15 is 0 Å². The Morgan fingerprint density at radius 2 is 1.83 bits per heavy atom. The van der Waals surface area contributed by atoms with Crippen molar-refractivity contribution in [2.45, 2.75) is 39.2 Å². The van der Waals surface area contributed by atoms with Gasteiger partial charge in [-0.2, -0.15) is 0 Å². The van der Waals surface area contributed by atoms with Gasteiger partial charge in [-0.25, -0.2) is 12.7 Å². The fraction of sp³-hybridized carbons (Fsp3) is 0.588. The Kier molecular flexibility index (Phi) is 6.18. The summed E-state index contributed by atoms with van der Waals surface area (Å²) in [5.74, 6) is 0.137. The minimum atomic E-state index is -3.23. The van der Waals surface area contributed by atoms with Crippen molar-refractivity contribution in [1.29, 1.82) is 0 Å². The predicted molar refractivity (Wildman–Crippen MR) is 91.5 cm³/mol. The Hall–Kier alpha value is -1.40. The minimum absolute atomic E-state index is 0.0374. The van der Waals surface area contributed by atoms with Gasteiger partial charge in [0.1, 0.15) is 0 Å². The largest absolute Gasteiger partial charge is 0.353 e. The second-order valence-corrected chi connectivity index (χ2v) is 8.48. The van der Waals surface area contributed by atoms with Crippen LogP contribution in [0.15, 0.2) is 30.3 Å². The number of benzene rings is 1. The molecule has 6 heteroatoms. The number of hydrogen-bond donors (Lipinski definition) is 1. The van der Waals surface area contributed by atoms with Crippen molar-refractivity contribution < 1.29 is 13.2 Å². The van der Waals surface area contributed by atoms with E-state index < -0.39 is 10.0 Å². The van der Waals surface area contributed by atoms with Crippen LogP contribution in [0.2, 0.25) is 0 Å². The molecule has 0 unspecified atom stereocenters. The van der Waals surface area contributed by atoms with Crippen LogP contribution >= 0.6 is 0 Å². The van der Waals surface area contributed by atoms with Crippen LogP contribution < -0.4 is 5.32 Å². The normalized spacial score (nSPS) is 17.3. The van der Waals surface area contributed by atoms with E-state index in [0.717, 1.165) is 5.56 Å². The van der Waals surface area contributed by atoms with Crippen molar-refractivity contribution >= 4 is 15.9 Å². The van der Waals surface area contributed by atoms with E-state index in [-0.39, 0.29) is 23.6 Å². The van der Waals surface area contributed by atoms with Crippen molar-refractivity contribution in [1.82, 2.24) is 9.62 Å². The summed E-state index contributed by atoms with van der Waals surface area (Å²) in [7, 11) is -3.23. The fourth-order valence-electron chi connectivity index (χ4n) is 2.67. The third kappa shape index (κ3) is 5.32. The molecule has 1 aliphatic heterocycles. The van der Waals surface area contributed by atoms with E-state index in [9.17, 15) is 13.2 Å². The summed E-state index contributed by atoms with van der Waals surface area (Å²) in [5, 5.41) is 2.99. The maximum absolute atomic E-state index is 12.4. The first-order valence-corrected chi connectivity index (χ1v) is 9.81. The van der Waals surface area contributed by atoms with E-state index in [1.807, 2.05) is 44.2 Å². The van der Waals surface area contributed by atoms with Crippen molar-refractivity contribution in [3.8, 4) is 0 Å². The molecule has 1 amide bonds. The molecule has 1 aliphatic rings. The molecule has 128 valence electrons. The average Bonchev–Trinajstić information content (AvgIpc) is 2.54. The van der Waals surface area contributed by atoms with Gasteiger partial charge in [0.2, 0.25) is 15.9 Å². The number of carbonyl (C=O) groups is 1. The molecule has 1 fully saturated rings. The summed E-state index contributed by atoms with van der Waals surface area (Å²) in [6.07, 6.45) is 1.90. The molecule has 0 radical (unpaired) electrons. The second-order valence-electron chi connectivity index (χ2n) is 6.39. The Balaban J connectivity index is 1.82. The first kappa shape index (κ1) is 17.9. The van der Waals surface area contributed by atoms with Gasteiger partial charge in [-0.3, -0.25) is 4.79 Å². The maximum Gasteiger partial charge on any atom is 0.222 e. The zero-order valence-corrected chi connectivity index (χ0v) is 14.7. The van der Waals surface area contributed by atoms with Gasteiger partial charge in [0.25, 0.3) is 0 Å². The third-order valence-corrected chi connectivity index (χ3v) is 6.08. The third-order valence-electron chi connectivity index (χ3n) is 4.21. The molecular weight excluding hydrogens is 312 g/mol. The van der Waals surface area contributed by atoms with Crippen LogP contribution in [-0.2, 0) is 21.2 Å². The predicted octanol–water partition coefficient (Wildman–Crippen LogP) is 1.80. The summed E-state index contributed by atoms with van der Waals surface area (Å²) in [6.45, 7) is 4.69. The number of piperidine rings is 1. The highest BCUT2D eigenvalue weighted by molar-refractivity contribution is 7.89. The number of sulfonamides is 1. The van der Waals surface area contributed by atoms with Crippen molar-refractivity contribution in [3.63, 3.8) is 0 Å². The van der Waals surface area contributed by atoms with E-state index in [1.165, 1.54) is 0 Å². The molecule has 0 bridgehead atoms. The Bertz CT molecular complexity index is 606. The SMILES string of the molecule is CC(C)C(=O)NC1CCN(S(=O)(=O)CCc2ccccc2)CC1. The van der Waals surface area contributed by atoms with Gasteiger partial charge in [-0.05, 0) is 24.8 Å². The molecule has 5 nitrogen and oxygen atoms in total. The molecule has 1 saturated heterocycles. The lowest BCUT2D eigenvalue weighted by Crippen LogP contribution is -2.47. The number of rotatable bonds is 6. The van der Waals surface area contributed by atoms with Crippen LogP contribution in [0.3, 0.4) is 0 Å². The Morgan fingerprint density at radius 3 is 2.39 bits per heavy atom. The summed E-state index contributed by atoms with van der Waals surface area (Å²) in [6, 6.07) is 9.75. The molecule has 1 heterocycles. The summed E-state index contributed by atoms with van der Waals surface area (Å²) in [5.41, 5.74) is 1.04. The standard InChI is InChI=1S/C17H26N2O3S/c1-14(2)17(20)18-16-8-11-19(12-9-16)23(21,22)13-10-15-6-4-3-5-7-15/h3-7,14,16H,8-13H2,1-2H3,(H,18,20). The smallest absolute Gasteiger partial charge is 0.222 e. The van der Waals surface area contributed by atoms with Gasteiger partial charge >= 0.3 is 0 Å². The zero-order chi connectivity index (χ0) is 16.9. The number of aryl methyl sites for hydroxylation is 1. The molecule has 1 N–H and O–H groups in total. The topological polar surface area (TPSA) is 66.5 Å². The molecular formula is C17H26N2O3S. The summed E-state index contributed by atoms with van der Waals surface area (Å²) in [4.78, 5) is 11.7. The van der Waals surface area contributed by atoms with Gasteiger partial charge in [-0.15, -0.1) is 0 Å². The molecule has 0 aliphatic carbocycles. The lowest BCUT2D eigenvalue weighted by molar-refractivity contribution is -0.124. The molecule has 0 saturated carbocycles. The van der Waals surface area contributed by atoms with Gasteiger partial charge in [-0.1, -0.05) is 44.2 Å². The average molecular weight is 338 g/mol. The van der Waals surface area contributed by atoms with Crippen molar-refractivity contribution in [3.05, 3.63) is 35.9 Å². The van der Waals surface area contributed by atoms with E-state index in [2.05, 4.69) is 5.32 Å².